The van der Waals surface area contributed by atoms with E-state index >= 15 is 0 Å². The molecule has 6 nitrogen and oxygen atoms in total. The van der Waals surface area contributed by atoms with E-state index in [2.05, 4.69) is 4.98 Å². The van der Waals surface area contributed by atoms with Gasteiger partial charge in [0, 0.05) is 18.5 Å². The van der Waals surface area contributed by atoms with Crippen molar-refractivity contribution < 1.29 is 19.4 Å². The number of aliphatic carboxylic acids is 1. The zero-order chi connectivity index (χ0) is 14.3. The molecule has 1 saturated heterocycles. The predicted molar refractivity (Wildman–Crippen MR) is 69.1 cm³/mol. The number of rotatable bonds is 4. The molecule has 2 fully saturated rings. The SMILES string of the molecule is COc1cccc(C2C(C(=O)O)CC(=O)N2C2CC2)n1. The summed E-state index contributed by atoms with van der Waals surface area (Å²) in [6, 6.07) is 4.93. The van der Waals surface area contributed by atoms with Gasteiger partial charge in [-0.3, -0.25) is 9.59 Å². The first-order chi connectivity index (χ1) is 9.61. The zero-order valence-electron chi connectivity index (χ0n) is 11.2. The number of hydrogen-bond acceptors (Lipinski definition) is 4. The molecule has 6 heteroatoms. The van der Waals surface area contributed by atoms with Gasteiger partial charge in [0.15, 0.2) is 0 Å². The lowest BCUT2D eigenvalue weighted by Crippen LogP contribution is -2.33. The van der Waals surface area contributed by atoms with Crippen LogP contribution in [-0.2, 0) is 9.59 Å². The molecule has 20 heavy (non-hydrogen) atoms. The minimum Gasteiger partial charge on any atom is -0.481 e. The highest BCUT2D eigenvalue weighted by Crippen LogP contribution is 2.44. The van der Waals surface area contributed by atoms with E-state index in [4.69, 9.17) is 4.74 Å². The van der Waals surface area contributed by atoms with Crippen molar-refractivity contribution in [1.29, 1.82) is 0 Å². The number of nitrogens with zero attached hydrogens (tertiary/aromatic N) is 2. The molecule has 0 spiro atoms. The number of hydrogen-bond donors (Lipinski definition) is 1. The van der Waals surface area contributed by atoms with Gasteiger partial charge in [0.2, 0.25) is 11.8 Å². The third-order valence-corrected chi connectivity index (χ3v) is 3.88. The Labute approximate surface area is 116 Å². The summed E-state index contributed by atoms with van der Waals surface area (Å²) < 4.78 is 5.09. The number of aromatic nitrogens is 1. The molecule has 1 aromatic rings. The first-order valence-corrected chi connectivity index (χ1v) is 6.66. The molecule has 2 heterocycles. The standard InChI is InChI=1S/C14H16N2O4/c1-20-11-4-2-3-10(15-11)13-9(14(18)19)7-12(17)16(13)8-5-6-8/h2-4,8-9,13H,5-7H2,1H3,(H,18,19). The van der Waals surface area contributed by atoms with Crippen LogP contribution in [0.1, 0.15) is 31.0 Å². The van der Waals surface area contributed by atoms with E-state index in [1.807, 2.05) is 0 Å². The molecule has 2 aliphatic rings. The van der Waals surface area contributed by atoms with Gasteiger partial charge in [-0.25, -0.2) is 4.98 Å². The van der Waals surface area contributed by atoms with Gasteiger partial charge in [0.25, 0.3) is 0 Å². The highest BCUT2D eigenvalue weighted by atomic mass is 16.5. The minimum atomic E-state index is -0.948. The van der Waals surface area contributed by atoms with Gasteiger partial charge in [-0.15, -0.1) is 0 Å². The molecule has 1 aromatic heterocycles. The summed E-state index contributed by atoms with van der Waals surface area (Å²) in [7, 11) is 1.51. The van der Waals surface area contributed by atoms with Gasteiger partial charge in [-0.05, 0) is 18.9 Å². The number of likely N-dealkylation sites (tertiary alicyclic amines) is 1. The Morgan fingerprint density at radius 3 is 2.80 bits per heavy atom. The Morgan fingerprint density at radius 2 is 2.20 bits per heavy atom. The first kappa shape index (κ1) is 12.9. The fraction of sp³-hybridized carbons (Fsp3) is 0.500. The normalized spacial score (nSPS) is 25.9. The summed E-state index contributed by atoms with van der Waals surface area (Å²) in [5.41, 5.74) is 0.592. The van der Waals surface area contributed by atoms with E-state index in [9.17, 15) is 14.7 Å². The molecule has 3 rings (SSSR count). The van der Waals surface area contributed by atoms with Crippen LogP contribution in [0.5, 0.6) is 5.88 Å². The van der Waals surface area contributed by atoms with Gasteiger partial charge in [-0.1, -0.05) is 6.07 Å². The van der Waals surface area contributed by atoms with Crippen molar-refractivity contribution in [2.45, 2.75) is 31.3 Å². The van der Waals surface area contributed by atoms with Crippen molar-refractivity contribution in [1.82, 2.24) is 9.88 Å². The Morgan fingerprint density at radius 1 is 1.45 bits per heavy atom. The molecule has 2 atom stereocenters. The van der Waals surface area contributed by atoms with Gasteiger partial charge >= 0.3 is 5.97 Å². The highest BCUT2D eigenvalue weighted by Gasteiger charge is 2.50. The molecular formula is C14H16N2O4. The molecule has 2 unspecified atom stereocenters. The third kappa shape index (κ3) is 2.11. The number of methoxy groups -OCH3 is 1. The smallest absolute Gasteiger partial charge is 0.309 e. The second-order valence-electron chi connectivity index (χ2n) is 5.23. The van der Waals surface area contributed by atoms with Crippen molar-refractivity contribution in [3.63, 3.8) is 0 Å². The summed E-state index contributed by atoms with van der Waals surface area (Å²) in [5.74, 6) is -1.34. The number of amides is 1. The quantitative estimate of drug-likeness (QED) is 0.894. The van der Waals surface area contributed by atoms with Crippen molar-refractivity contribution in [2.75, 3.05) is 7.11 Å². The second-order valence-corrected chi connectivity index (χ2v) is 5.23. The van der Waals surface area contributed by atoms with Crippen molar-refractivity contribution in [3.8, 4) is 5.88 Å². The number of pyridine rings is 1. The van der Waals surface area contributed by atoms with Crippen molar-refractivity contribution >= 4 is 11.9 Å². The molecule has 1 aliphatic carbocycles. The first-order valence-electron chi connectivity index (χ1n) is 6.66. The van der Waals surface area contributed by atoms with Crippen molar-refractivity contribution in [3.05, 3.63) is 23.9 Å². The van der Waals surface area contributed by atoms with Crippen LogP contribution in [0.4, 0.5) is 0 Å². The monoisotopic (exact) mass is 276 g/mol. The lowest BCUT2D eigenvalue weighted by molar-refractivity contribution is -0.142. The highest BCUT2D eigenvalue weighted by molar-refractivity contribution is 5.87. The van der Waals surface area contributed by atoms with Gasteiger partial charge in [0.05, 0.1) is 24.8 Å². The Kier molecular flexibility index (Phi) is 3.08. The van der Waals surface area contributed by atoms with Crippen molar-refractivity contribution in [2.24, 2.45) is 5.92 Å². The predicted octanol–water partition coefficient (Wildman–Crippen LogP) is 1.23. The lowest BCUT2D eigenvalue weighted by Gasteiger charge is -2.26. The summed E-state index contributed by atoms with van der Waals surface area (Å²) in [6.45, 7) is 0. The Bertz CT molecular complexity index is 556. The summed E-state index contributed by atoms with van der Waals surface area (Å²) in [6.07, 6.45) is 1.94. The molecule has 0 aromatic carbocycles. The van der Waals surface area contributed by atoms with Crippen LogP contribution in [0.3, 0.4) is 0 Å². The minimum absolute atomic E-state index is 0.0510. The number of carbonyl (C=O) groups is 2. The van der Waals surface area contributed by atoms with E-state index in [0.29, 0.717) is 11.6 Å². The van der Waals surface area contributed by atoms with E-state index in [1.165, 1.54) is 7.11 Å². The average Bonchev–Trinajstić information content (AvgIpc) is 3.21. The van der Waals surface area contributed by atoms with Crippen LogP contribution in [0.25, 0.3) is 0 Å². The molecule has 1 saturated carbocycles. The molecule has 1 aliphatic heterocycles. The van der Waals surface area contributed by atoms with Crippen LogP contribution in [0.2, 0.25) is 0 Å². The third-order valence-electron chi connectivity index (χ3n) is 3.88. The average molecular weight is 276 g/mol. The lowest BCUT2D eigenvalue weighted by atomic mass is 9.97. The van der Waals surface area contributed by atoms with Crippen LogP contribution in [-0.4, -0.2) is 40.0 Å². The van der Waals surface area contributed by atoms with E-state index in [0.717, 1.165) is 12.8 Å². The number of carboxylic acid groups (broad SMARTS) is 1. The molecule has 1 amide bonds. The van der Waals surface area contributed by atoms with E-state index in [-0.39, 0.29) is 18.4 Å². The summed E-state index contributed by atoms with van der Waals surface area (Å²) in [4.78, 5) is 29.6. The van der Waals surface area contributed by atoms with Crippen LogP contribution >= 0.6 is 0 Å². The Balaban J connectivity index is 2.00. The summed E-state index contributed by atoms with van der Waals surface area (Å²) in [5, 5.41) is 9.37. The molecule has 106 valence electrons. The van der Waals surface area contributed by atoms with Crippen LogP contribution in [0, 0.1) is 5.92 Å². The fourth-order valence-electron chi connectivity index (χ4n) is 2.82. The molecule has 0 radical (unpaired) electrons. The fourth-order valence-corrected chi connectivity index (χ4v) is 2.82. The number of carboxylic acids is 1. The van der Waals surface area contributed by atoms with Gasteiger partial charge < -0.3 is 14.7 Å². The largest absolute Gasteiger partial charge is 0.481 e. The maximum absolute atomic E-state index is 12.1. The maximum Gasteiger partial charge on any atom is 0.309 e. The van der Waals surface area contributed by atoms with Crippen LogP contribution in [0.15, 0.2) is 18.2 Å². The summed E-state index contributed by atoms with van der Waals surface area (Å²) >= 11 is 0. The van der Waals surface area contributed by atoms with Gasteiger partial charge in [0.1, 0.15) is 0 Å². The number of ether oxygens (including phenoxy) is 1. The zero-order valence-corrected chi connectivity index (χ0v) is 11.2. The van der Waals surface area contributed by atoms with Crippen LogP contribution < -0.4 is 4.74 Å². The van der Waals surface area contributed by atoms with E-state index < -0.39 is 17.9 Å². The van der Waals surface area contributed by atoms with E-state index in [1.54, 1.807) is 23.1 Å². The molecule has 0 bridgehead atoms. The number of carbonyl (C=O) groups excluding carboxylic acids is 1. The topological polar surface area (TPSA) is 79.7 Å². The molecule has 1 N–H and O–H groups in total. The molecular weight excluding hydrogens is 260 g/mol. The second kappa shape index (κ2) is 4.77. The Hall–Kier alpha value is -2.11. The van der Waals surface area contributed by atoms with Gasteiger partial charge in [-0.2, -0.15) is 0 Å². The maximum atomic E-state index is 12.1.